The lowest BCUT2D eigenvalue weighted by Gasteiger charge is -2.19. The first-order valence-electron chi connectivity index (χ1n) is 8.54. The molecule has 0 bridgehead atoms. The minimum atomic E-state index is -0.230. The lowest BCUT2D eigenvalue weighted by atomic mass is 10.1. The monoisotopic (exact) mass is 337 g/mol. The van der Waals surface area contributed by atoms with E-state index in [4.69, 9.17) is 0 Å². The fourth-order valence-corrected chi connectivity index (χ4v) is 3.49. The van der Waals surface area contributed by atoms with Gasteiger partial charge in [0.2, 0.25) is 5.91 Å². The number of hydrogen-bond acceptors (Lipinski definition) is 2. The summed E-state index contributed by atoms with van der Waals surface area (Å²) in [5, 5.41) is 4.22. The number of hydrogen-bond donors (Lipinski definition) is 2. The fourth-order valence-electron chi connectivity index (χ4n) is 3.49. The van der Waals surface area contributed by atoms with Crippen LogP contribution >= 0.6 is 0 Å². The minimum absolute atomic E-state index is 0.0377. The molecule has 25 heavy (non-hydrogen) atoms. The Morgan fingerprint density at radius 3 is 2.84 bits per heavy atom. The fraction of sp³-hybridized carbons (Fsp3) is 0.250. The number of anilines is 1. The van der Waals surface area contributed by atoms with Crippen molar-refractivity contribution in [1.29, 1.82) is 0 Å². The van der Waals surface area contributed by atoms with Gasteiger partial charge in [0.15, 0.2) is 0 Å². The second-order valence-electron chi connectivity index (χ2n) is 6.51. The van der Waals surface area contributed by atoms with Gasteiger partial charge in [-0.15, -0.1) is 0 Å². The van der Waals surface area contributed by atoms with Gasteiger partial charge in [-0.05, 0) is 42.3 Å². The van der Waals surface area contributed by atoms with E-state index in [0.717, 1.165) is 41.7 Å². The molecule has 1 unspecified atom stereocenters. The third kappa shape index (κ3) is 3.36. The highest BCUT2D eigenvalue weighted by molar-refractivity contribution is 5.89. The number of benzene rings is 2. The first-order chi connectivity index (χ1) is 12.2. The maximum Gasteiger partial charge on any atom is 0.224 e. The highest BCUT2D eigenvalue weighted by atomic mass is 19.1. The smallest absolute Gasteiger partial charge is 0.224 e. The molecular formula is C20H20FN3O. The van der Waals surface area contributed by atoms with Crippen LogP contribution in [-0.2, 0) is 11.2 Å². The summed E-state index contributed by atoms with van der Waals surface area (Å²) in [6, 6.07) is 14.6. The van der Waals surface area contributed by atoms with Gasteiger partial charge in [-0.3, -0.25) is 4.79 Å². The molecule has 4 nitrogen and oxygen atoms in total. The lowest BCUT2D eigenvalue weighted by Crippen LogP contribution is -2.37. The van der Waals surface area contributed by atoms with E-state index in [-0.39, 0.29) is 17.8 Å². The summed E-state index contributed by atoms with van der Waals surface area (Å²) in [6.07, 6.45) is 3.18. The topological polar surface area (TPSA) is 48.1 Å². The molecule has 0 spiro atoms. The molecule has 0 aliphatic carbocycles. The Morgan fingerprint density at radius 2 is 2.00 bits per heavy atom. The molecular weight excluding hydrogens is 317 g/mol. The minimum Gasteiger partial charge on any atom is -0.369 e. The number of rotatable bonds is 4. The van der Waals surface area contributed by atoms with E-state index in [9.17, 15) is 9.18 Å². The Morgan fingerprint density at radius 1 is 1.20 bits per heavy atom. The van der Waals surface area contributed by atoms with Crippen LogP contribution in [0.5, 0.6) is 0 Å². The zero-order valence-electron chi connectivity index (χ0n) is 13.8. The van der Waals surface area contributed by atoms with Gasteiger partial charge >= 0.3 is 0 Å². The summed E-state index contributed by atoms with van der Waals surface area (Å²) in [5.41, 5.74) is 3.06. The molecule has 1 aromatic heterocycles. The maximum atomic E-state index is 13.0. The normalized spacial score (nSPS) is 17.2. The first kappa shape index (κ1) is 15.7. The van der Waals surface area contributed by atoms with Crippen molar-refractivity contribution >= 4 is 22.5 Å². The Balaban J connectivity index is 1.36. The van der Waals surface area contributed by atoms with Crippen molar-refractivity contribution in [2.75, 3.05) is 18.0 Å². The molecule has 1 fully saturated rings. The van der Waals surface area contributed by atoms with Crippen molar-refractivity contribution in [2.45, 2.75) is 18.9 Å². The predicted octanol–water partition coefficient (Wildman–Crippen LogP) is 3.24. The number of nitrogens with zero attached hydrogens (tertiary/aromatic N) is 1. The molecule has 2 aromatic carbocycles. The van der Waals surface area contributed by atoms with Crippen LogP contribution in [0.3, 0.4) is 0 Å². The zero-order valence-corrected chi connectivity index (χ0v) is 13.8. The Bertz CT molecular complexity index is 887. The van der Waals surface area contributed by atoms with Gasteiger partial charge in [-0.25, -0.2) is 4.39 Å². The van der Waals surface area contributed by atoms with Crippen LogP contribution < -0.4 is 10.2 Å². The van der Waals surface area contributed by atoms with Crippen LogP contribution in [-0.4, -0.2) is 30.0 Å². The molecule has 3 aromatic rings. The van der Waals surface area contributed by atoms with Gasteiger partial charge in [0.25, 0.3) is 0 Å². The summed E-state index contributed by atoms with van der Waals surface area (Å²) in [4.78, 5) is 17.8. The van der Waals surface area contributed by atoms with Crippen LogP contribution in [0.25, 0.3) is 10.9 Å². The average Bonchev–Trinajstić information content (AvgIpc) is 3.23. The number of para-hydroxylation sites is 1. The molecule has 0 radical (unpaired) electrons. The van der Waals surface area contributed by atoms with Gasteiger partial charge in [-0.1, -0.05) is 18.2 Å². The molecule has 1 saturated heterocycles. The largest absolute Gasteiger partial charge is 0.369 e. The lowest BCUT2D eigenvalue weighted by molar-refractivity contribution is -0.121. The predicted molar refractivity (Wildman–Crippen MR) is 97.2 cm³/mol. The number of aromatic nitrogens is 1. The van der Waals surface area contributed by atoms with Gasteiger partial charge in [0.05, 0.1) is 6.42 Å². The molecule has 128 valence electrons. The van der Waals surface area contributed by atoms with Crippen molar-refractivity contribution in [3.63, 3.8) is 0 Å². The van der Waals surface area contributed by atoms with Crippen LogP contribution in [0.2, 0.25) is 0 Å². The summed E-state index contributed by atoms with van der Waals surface area (Å²) < 4.78 is 13.0. The Kier molecular flexibility index (Phi) is 4.14. The van der Waals surface area contributed by atoms with E-state index >= 15 is 0 Å². The second-order valence-corrected chi connectivity index (χ2v) is 6.51. The van der Waals surface area contributed by atoms with E-state index in [2.05, 4.69) is 15.2 Å². The van der Waals surface area contributed by atoms with E-state index in [1.165, 1.54) is 12.1 Å². The number of carbonyl (C=O) groups excluding carboxylic acids is 1. The van der Waals surface area contributed by atoms with Crippen molar-refractivity contribution in [3.8, 4) is 0 Å². The second kappa shape index (κ2) is 6.59. The van der Waals surface area contributed by atoms with Crippen LogP contribution in [0.15, 0.2) is 54.7 Å². The maximum absolute atomic E-state index is 13.0. The number of halogens is 1. The number of fused-ring (bicyclic) bond motifs is 1. The molecule has 4 rings (SSSR count). The summed E-state index contributed by atoms with van der Waals surface area (Å²) in [6.45, 7) is 1.62. The first-order valence-corrected chi connectivity index (χ1v) is 8.54. The summed E-state index contributed by atoms with van der Waals surface area (Å²) in [7, 11) is 0. The molecule has 5 heteroatoms. The molecule has 1 aliphatic heterocycles. The molecule has 1 amide bonds. The van der Waals surface area contributed by atoms with Gasteiger partial charge in [-0.2, -0.15) is 0 Å². The molecule has 1 atom stereocenters. The standard InChI is InChI=1S/C20H20FN3O/c21-15-5-7-17(8-6-15)24-10-9-16(13-24)23-20(25)11-14-12-22-19-4-2-1-3-18(14)19/h1-8,12,16,22H,9-11,13H2,(H,23,25). The Labute approximate surface area is 145 Å². The number of carbonyl (C=O) groups is 1. The number of nitrogens with one attached hydrogen (secondary N) is 2. The average molecular weight is 337 g/mol. The van der Waals surface area contributed by atoms with Crippen LogP contribution in [0.1, 0.15) is 12.0 Å². The van der Waals surface area contributed by atoms with Gasteiger partial charge in [0, 0.05) is 41.9 Å². The van der Waals surface area contributed by atoms with Crippen molar-refractivity contribution in [3.05, 3.63) is 66.1 Å². The highest BCUT2D eigenvalue weighted by Gasteiger charge is 2.24. The number of amides is 1. The molecule has 2 N–H and O–H groups in total. The Hall–Kier alpha value is -2.82. The summed E-state index contributed by atoms with van der Waals surface area (Å²) >= 11 is 0. The molecule has 2 heterocycles. The molecule has 0 saturated carbocycles. The van der Waals surface area contributed by atoms with Crippen molar-refractivity contribution in [1.82, 2.24) is 10.3 Å². The van der Waals surface area contributed by atoms with E-state index < -0.39 is 0 Å². The highest BCUT2D eigenvalue weighted by Crippen LogP contribution is 2.21. The third-order valence-electron chi connectivity index (χ3n) is 4.77. The van der Waals surface area contributed by atoms with Crippen molar-refractivity contribution < 1.29 is 9.18 Å². The van der Waals surface area contributed by atoms with Gasteiger partial charge < -0.3 is 15.2 Å². The van der Waals surface area contributed by atoms with E-state index in [1.54, 1.807) is 12.1 Å². The zero-order chi connectivity index (χ0) is 17.2. The van der Waals surface area contributed by atoms with Gasteiger partial charge in [0.1, 0.15) is 5.82 Å². The van der Waals surface area contributed by atoms with Crippen LogP contribution in [0.4, 0.5) is 10.1 Å². The van der Waals surface area contributed by atoms with Crippen LogP contribution in [0, 0.1) is 5.82 Å². The van der Waals surface area contributed by atoms with E-state index in [1.807, 2.05) is 30.5 Å². The van der Waals surface area contributed by atoms with E-state index in [0.29, 0.717) is 6.42 Å². The molecule has 1 aliphatic rings. The van der Waals surface area contributed by atoms with Crippen molar-refractivity contribution in [2.24, 2.45) is 0 Å². The quantitative estimate of drug-likeness (QED) is 0.768. The SMILES string of the molecule is O=C(Cc1c[nH]c2ccccc12)NC1CCN(c2ccc(F)cc2)C1. The third-order valence-corrected chi connectivity index (χ3v) is 4.77. The number of aromatic amines is 1. The summed E-state index contributed by atoms with van der Waals surface area (Å²) in [5.74, 6) is -0.192. The number of H-pyrrole nitrogens is 1.